The summed E-state index contributed by atoms with van der Waals surface area (Å²) in [5.41, 5.74) is 2.01. The lowest BCUT2D eigenvalue weighted by Crippen LogP contribution is -1.80. The Labute approximate surface area is 149 Å². The highest BCUT2D eigenvalue weighted by Gasteiger charge is 2.08. The molecule has 5 aromatic rings. The van der Waals surface area contributed by atoms with Gasteiger partial charge in [0, 0.05) is 5.39 Å². The number of hydrogen-bond donors (Lipinski definition) is 1. The molecule has 0 fully saturated rings. The Morgan fingerprint density at radius 1 is 0.846 bits per heavy atom. The summed E-state index contributed by atoms with van der Waals surface area (Å²) in [6, 6.07) is 23.4. The van der Waals surface area contributed by atoms with Crippen LogP contribution < -0.4 is 0 Å². The summed E-state index contributed by atoms with van der Waals surface area (Å²) < 4.78 is 5.78. The monoisotopic (exact) mass is 338 g/mol. The molecule has 5 rings (SSSR count). The number of benzene rings is 4. The molecule has 0 radical (unpaired) electrons. The number of hydrogen-bond acceptors (Lipinski definition) is 4. The van der Waals surface area contributed by atoms with Crippen molar-refractivity contribution in [3.05, 3.63) is 78.7 Å². The fourth-order valence-corrected chi connectivity index (χ4v) is 3.18. The molecule has 0 unspecified atom stereocenters. The Morgan fingerprint density at radius 2 is 1.58 bits per heavy atom. The molecule has 1 heterocycles. The summed E-state index contributed by atoms with van der Waals surface area (Å²) in [4.78, 5) is 8.92. The smallest absolute Gasteiger partial charge is 0.238 e. The normalized spacial score (nSPS) is 11.8. The summed E-state index contributed by atoms with van der Waals surface area (Å²) in [6.45, 7) is 0. The van der Waals surface area contributed by atoms with E-state index in [0.717, 1.165) is 27.1 Å². The van der Waals surface area contributed by atoms with Gasteiger partial charge in [0.05, 0.1) is 6.21 Å². The average Bonchev–Trinajstić information content (AvgIpc) is 3.10. The van der Waals surface area contributed by atoms with Crippen molar-refractivity contribution >= 4 is 44.5 Å². The van der Waals surface area contributed by atoms with Crippen LogP contribution in [0.1, 0.15) is 5.89 Å². The van der Waals surface area contributed by atoms with Crippen molar-refractivity contribution in [3.63, 3.8) is 0 Å². The molecule has 4 heteroatoms. The van der Waals surface area contributed by atoms with Crippen molar-refractivity contribution in [1.29, 1.82) is 0 Å². The third-order valence-electron chi connectivity index (χ3n) is 4.46. The second-order valence-corrected chi connectivity index (χ2v) is 6.13. The fourth-order valence-electron chi connectivity index (χ4n) is 3.18. The van der Waals surface area contributed by atoms with Gasteiger partial charge in [-0.15, -0.1) is 0 Å². The summed E-state index contributed by atoms with van der Waals surface area (Å²) in [6.07, 6.45) is 1.54. The van der Waals surface area contributed by atoms with Crippen LogP contribution in [-0.2, 0) is 0 Å². The van der Waals surface area contributed by atoms with Gasteiger partial charge in [-0.2, -0.15) is 0 Å². The van der Waals surface area contributed by atoms with Crippen molar-refractivity contribution in [2.24, 2.45) is 4.99 Å². The fraction of sp³-hybridized carbons (Fsp3) is 0. The highest BCUT2D eigenvalue weighted by atomic mass is 16.3. The Kier molecular flexibility index (Phi) is 3.22. The third-order valence-corrected chi connectivity index (χ3v) is 4.46. The van der Waals surface area contributed by atoms with Gasteiger partial charge in [-0.25, -0.2) is 9.98 Å². The van der Waals surface area contributed by atoms with Gasteiger partial charge in [0.15, 0.2) is 5.58 Å². The van der Waals surface area contributed by atoms with E-state index in [0.29, 0.717) is 17.2 Å². The van der Waals surface area contributed by atoms with Gasteiger partial charge in [-0.3, -0.25) is 0 Å². The first-order valence-electron chi connectivity index (χ1n) is 8.32. The van der Waals surface area contributed by atoms with E-state index in [1.165, 1.54) is 0 Å². The van der Waals surface area contributed by atoms with Crippen molar-refractivity contribution in [3.8, 4) is 5.75 Å². The summed E-state index contributed by atoms with van der Waals surface area (Å²) in [5.74, 6) is 0.533. The average molecular weight is 338 g/mol. The molecule has 0 aliphatic rings. The molecule has 0 saturated carbocycles. The molecule has 0 spiro atoms. The van der Waals surface area contributed by atoms with E-state index in [4.69, 9.17) is 4.42 Å². The largest absolute Gasteiger partial charge is 0.506 e. The molecule has 1 aromatic heterocycles. The number of oxazole rings is 1. The van der Waals surface area contributed by atoms with Crippen LogP contribution >= 0.6 is 0 Å². The van der Waals surface area contributed by atoms with Crippen LogP contribution in [-0.4, -0.2) is 16.3 Å². The van der Waals surface area contributed by atoms with Gasteiger partial charge >= 0.3 is 0 Å². The van der Waals surface area contributed by atoms with E-state index in [1.807, 2.05) is 66.7 Å². The number of aromatic hydroxyl groups is 1. The van der Waals surface area contributed by atoms with E-state index in [2.05, 4.69) is 9.98 Å². The molecular weight excluding hydrogens is 324 g/mol. The molecule has 4 aromatic carbocycles. The van der Waals surface area contributed by atoms with E-state index in [9.17, 15) is 5.11 Å². The topological polar surface area (TPSA) is 58.6 Å². The van der Waals surface area contributed by atoms with E-state index < -0.39 is 0 Å². The molecule has 0 bridgehead atoms. The van der Waals surface area contributed by atoms with Crippen LogP contribution in [0.4, 0.5) is 5.69 Å². The number of phenolic OH excluding ortho intramolecular Hbond substituents is 1. The predicted octanol–water partition coefficient (Wildman–Crippen LogP) is 5.59. The van der Waals surface area contributed by atoms with Gasteiger partial charge in [0.25, 0.3) is 0 Å². The summed E-state index contributed by atoms with van der Waals surface area (Å²) in [7, 11) is 0. The lowest BCUT2D eigenvalue weighted by Gasteiger charge is -2.02. The van der Waals surface area contributed by atoms with Crippen molar-refractivity contribution < 1.29 is 9.52 Å². The molecule has 0 aliphatic carbocycles. The molecule has 0 aliphatic heterocycles. The minimum absolute atomic E-state index is 0.126. The Hall–Kier alpha value is -3.66. The lowest BCUT2D eigenvalue weighted by atomic mass is 10.1. The zero-order valence-electron chi connectivity index (χ0n) is 13.8. The summed E-state index contributed by atoms with van der Waals surface area (Å²) in [5, 5.41) is 14.3. The SMILES string of the molecule is Oc1cc2ccccc2cc1N=Cc1nc2c(ccc3ccccc32)o1. The second-order valence-electron chi connectivity index (χ2n) is 6.13. The molecule has 0 atom stereocenters. The number of aromatic nitrogens is 1. The minimum atomic E-state index is 0.126. The maximum absolute atomic E-state index is 10.2. The Bertz CT molecular complexity index is 1300. The van der Waals surface area contributed by atoms with E-state index in [1.54, 1.807) is 12.3 Å². The van der Waals surface area contributed by atoms with Crippen LogP contribution in [0.15, 0.2) is 82.2 Å². The summed E-state index contributed by atoms with van der Waals surface area (Å²) >= 11 is 0. The standard InChI is InChI=1S/C22H14N2O2/c25-19-12-16-7-2-1-6-15(16)11-18(19)23-13-21-24-22-17-8-4-3-5-14(17)9-10-20(22)26-21/h1-13,25H. The predicted molar refractivity (Wildman–Crippen MR) is 104 cm³/mol. The van der Waals surface area contributed by atoms with Crippen LogP contribution in [0.3, 0.4) is 0 Å². The van der Waals surface area contributed by atoms with Crippen LogP contribution in [0.2, 0.25) is 0 Å². The molecule has 26 heavy (non-hydrogen) atoms. The Balaban J connectivity index is 1.58. The van der Waals surface area contributed by atoms with Gasteiger partial charge in [-0.05, 0) is 34.4 Å². The molecule has 124 valence electrons. The zero-order valence-corrected chi connectivity index (χ0v) is 13.8. The van der Waals surface area contributed by atoms with Crippen LogP contribution in [0.25, 0.3) is 32.6 Å². The van der Waals surface area contributed by atoms with Crippen molar-refractivity contribution in [1.82, 2.24) is 4.98 Å². The highest BCUT2D eigenvalue weighted by molar-refractivity contribution is 6.04. The van der Waals surface area contributed by atoms with Gasteiger partial charge in [0.2, 0.25) is 5.89 Å². The Morgan fingerprint density at radius 3 is 2.42 bits per heavy atom. The number of aliphatic imine (C=N–C) groups is 1. The zero-order chi connectivity index (χ0) is 17.5. The minimum Gasteiger partial charge on any atom is -0.506 e. The number of rotatable bonds is 2. The van der Waals surface area contributed by atoms with Gasteiger partial charge in [-0.1, -0.05) is 54.6 Å². The first-order chi connectivity index (χ1) is 12.8. The van der Waals surface area contributed by atoms with Crippen LogP contribution in [0, 0.1) is 0 Å². The number of fused-ring (bicyclic) bond motifs is 4. The third kappa shape index (κ3) is 2.40. The van der Waals surface area contributed by atoms with Crippen molar-refractivity contribution in [2.75, 3.05) is 0 Å². The molecule has 0 amide bonds. The van der Waals surface area contributed by atoms with E-state index in [-0.39, 0.29) is 5.75 Å². The lowest BCUT2D eigenvalue weighted by molar-refractivity contribution is 0.478. The van der Waals surface area contributed by atoms with Crippen molar-refractivity contribution in [2.45, 2.75) is 0 Å². The second kappa shape index (κ2) is 5.70. The van der Waals surface area contributed by atoms with Crippen LogP contribution in [0.5, 0.6) is 5.75 Å². The maximum Gasteiger partial charge on any atom is 0.238 e. The first kappa shape index (κ1) is 14.7. The van der Waals surface area contributed by atoms with E-state index >= 15 is 0 Å². The molecular formula is C22H14N2O2. The number of nitrogens with zero attached hydrogens (tertiary/aromatic N) is 2. The molecule has 4 nitrogen and oxygen atoms in total. The highest BCUT2D eigenvalue weighted by Crippen LogP contribution is 2.32. The quantitative estimate of drug-likeness (QED) is 0.427. The molecule has 0 saturated heterocycles. The number of phenols is 1. The maximum atomic E-state index is 10.2. The first-order valence-corrected chi connectivity index (χ1v) is 8.32. The van der Waals surface area contributed by atoms with Gasteiger partial charge < -0.3 is 9.52 Å². The van der Waals surface area contributed by atoms with Gasteiger partial charge in [0.1, 0.15) is 17.0 Å². The molecule has 1 N–H and O–H groups in total.